The molecule has 0 aromatic heterocycles. The number of ether oxygens (including phenoxy) is 1. The van der Waals surface area contributed by atoms with Crippen molar-refractivity contribution < 1.29 is 9.53 Å². The first kappa shape index (κ1) is 43.4. The number of hydrogen-bond acceptors (Lipinski definition) is 2. The molecule has 0 radical (unpaired) electrons. The van der Waals surface area contributed by atoms with Crippen molar-refractivity contribution in [2.75, 3.05) is 6.61 Å². The number of carbonyl (C=O) groups excluding carboxylic acids is 1. The Morgan fingerprint density at radius 1 is 0.729 bits per heavy atom. The van der Waals surface area contributed by atoms with E-state index in [9.17, 15) is 4.79 Å². The van der Waals surface area contributed by atoms with Gasteiger partial charge in [-0.1, -0.05) is 169 Å². The summed E-state index contributed by atoms with van der Waals surface area (Å²) in [5.41, 5.74) is 5.63. The zero-order chi connectivity index (χ0) is 35.1. The minimum absolute atomic E-state index is 0.0805. The van der Waals surface area contributed by atoms with Crippen molar-refractivity contribution in [1.82, 2.24) is 0 Å². The van der Waals surface area contributed by atoms with Gasteiger partial charge in [0.15, 0.2) is 0 Å². The molecule has 2 heteroatoms. The molecule has 1 aliphatic rings. The number of unbranched alkanes of at least 4 members (excludes halogenated alkanes) is 13. The third-order valence-corrected chi connectivity index (χ3v) is 9.44. The van der Waals surface area contributed by atoms with Crippen LogP contribution in [-0.2, 0) is 9.53 Å². The highest BCUT2D eigenvalue weighted by Crippen LogP contribution is 2.40. The van der Waals surface area contributed by atoms with Crippen LogP contribution in [0.5, 0.6) is 0 Å². The maximum absolute atomic E-state index is 12.1. The van der Waals surface area contributed by atoms with Gasteiger partial charge >= 0.3 is 5.97 Å². The van der Waals surface area contributed by atoms with E-state index in [0.29, 0.717) is 13.0 Å². The van der Waals surface area contributed by atoms with E-state index in [-0.39, 0.29) is 11.4 Å². The van der Waals surface area contributed by atoms with Gasteiger partial charge in [0.25, 0.3) is 0 Å². The van der Waals surface area contributed by atoms with Gasteiger partial charge in [0.1, 0.15) is 6.61 Å². The number of rotatable bonds is 27. The van der Waals surface area contributed by atoms with Gasteiger partial charge in [-0.15, -0.1) is 0 Å². The van der Waals surface area contributed by atoms with E-state index >= 15 is 0 Å². The molecule has 1 aliphatic carbocycles. The lowest BCUT2D eigenvalue weighted by molar-refractivity contribution is -0.142. The van der Waals surface area contributed by atoms with E-state index in [1.54, 1.807) is 0 Å². The Morgan fingerprint density at radius 3 is 1.90 bits per heavy atom. The lowest BCUT2D eigenvalue weighted by Crippen LogP contribution is -2.19. The van der Waals surface area contributed by atoms with E-state index in [1.165, 1.54) is 119 Å². The first-order valence-corrected chi connectivity index (χ1v) is 19.8. The van der Waals surface area contributed by atoms with Gasteiger partial charge < -0.3 is 4.74 Å². The molecule has 0 bridgehead atoms. The minimum Gasteiger partial charge on any atom is -0.461 e. The largest absolute Gasteiger partial charge is 0.461 e. The number of carbonyl (C=O) groups is 1. The standard InChI is InChI=1S/C46H74O2/c1-7-8-9-10-11-12-13-14-15-16-17-18-19-20-21-22-23-24-25-26-27-28-29-35-45(47)48-40-38-42(3)33-30-32-41(2)36-37-44-43(4)34-31-39-46(44,5)6/h13-14,16-17,19-20,30,32-33,36-38H,7-12,15,18,21-29,31,34-35,39-40H2,1-6H3/b14-13-,17-16-,20-19-,33-30+,37-36+,41-32+,42-38+. The highest BCUT2D eigenvalue weighted by Gasteiger charge is 2.26. The second-order valence-corrected chi connectivity index (χ2v) is 14.6. The predicted octanol–water partition coefficient (Wildman–Crippen LogP) is 14.8. The Balaban J connectivity index is 2.00. The predicted molar refractivity (Wildman–Crippen MR) is 213 cm³/mol. The van der Waals surface area contributed by atoms with Crippen LogP contribution in [-0.4, -0.2) is 12.6 Å². The fraction of sp³-hybridized carbons (Fsp3) is 0.630. The van der Waals surface area contributed by atoms with E-state index < -0.39 is 0 Å². The van der Waals surface area contributed by atoms with E-state index in [2.05, 4.69) is 108 Å². The smallest absolute Gasteiger partial charge is 0.306 e. The monoisotopic (exact) mass is 659 g/mol. The summed E-state index contributed by atoms with van der Waals surface area (Å²) in [6.07, 6.45) is 52.2. The summed E-state index contributed by atoms with van der Waals surface area (Å²) in [6.45, 7) is 13.8. The summed E-state index contributed by atoms with van der Waals surface area (Å²) in [7, 11) is 0. The molecule has 0 spiro atoms. The summed E-state index contributed by atoms with van der Waals surface area (Å²) in [5.74, 6) is -0.0805. The van der Waals surface area contributed by atoms with Gasteiger partial charge in [-0.25, -0.2) is 0 Å². The van der Waals surface area contributed by atoms with Crippen LogP contribution in [0.15, 0.2) is 95.2 Å². The molecule has 0 atom stereocenters. The molecule has 0 amide bonds. The van der Waals surface area contributed by atoms with Crippen molar-refractivity contribution in [3.8, 4) is 0 Å². The third-order valence-electron chi connectivity index (χ3n) is 9.44. The van der Waals surface area contributed by atoms with E-state index in [1.807, 2.05) is 6.08 Å². The Labute approximate surface area is 298 Å². The van der Waals surface area contributed by atoms with E-state index in [4.69, 9.17) is 4.74 Å². The topological polar surface area (TPSA) is 26.3 Å². The average Bonchev–Trinajstić information content (AvgIpc) is 3.04. The zero-order valence-corrected chi connectivity index (χ0v) is 32.3. The van der Waals surface area contributed by atoms with Crippen molar-refractivity contribution in [1.29, 1.82) is 0 Å². The van der Waals surface area contributed by atoms with Crippen molar-refractivity contribution in [2.24, 2.45) is 5.41 Å². The first-order chi connectivity index (χ1) is 23.3. The Morgan fingerprint density at radius 2 is 1.29 bits per heavy atom. The summed E-state index contributed by atoms with van der Waals surface area (Å²) >= 11 is 0. The van der Waals surface area contributed by atoms with Crippen LogP contribution in [0.3, 0.4) is 0 Å². The summed E-state index contributed by atoms with van der Waals surface area (Å²) in [5, 5.41) is 0. The third kappa shape index (κ3) is 24.5. The molecule has 0 aliphatic heterocycles. The highest BCUT2D eigenvalue weighted by atomic mass is 16.5. The lowest BCUT2D eigenvalue weighted by Gasteiger charge is -2.32. The molecular formula is C46H74O2. The van der Waals surface area contributed by atoms with Crippen LogP contribution in [0, 0.1) is 5.41 Å². The number of esters is 1. The van der Waals surface area contributed by atoms with Gasteiger partial charge in [-0.3, -0.25) is 4.79 Å². The van der Waals surface area contributed by atoms with Gasteiger partial charge in [0.05, 0.1) is 0 Å². The van der Waals surface area contributed by atoms with Crippen LogP contribution < -0.4 is 0 Å². The molecule has 48 heavy (non-hydrogen) atoms. The van der Waals surface area contributed by atoms with Crippen LogP contribution >= 0.6 is 0 Å². The molecular weight excluding hydrogens is 585 g/mol. The van der Waals surface area contributed by atoms with Gasteiger partial charge in [-0.2, -0.15) is 0 Å². The van der Waals surface area contributed by atoms with Crippen molar-refractivity contribution >= 4 is 5.97 Å². The molecule has 0 aromatic carbocycles. The molecule has 0 N–H and O–H groups in total. The normalized spacial score (nSPS) is 16.2. The van der Waals surface area contributed by atoms with Crippen LogP contribution in [0.4, 0.5) is 0 Å². The second-order valence-electron chi connectivity index (χ2n) is 14.6. The van der Waals surface area contributed by atoms with Crippen molar-refractivity contribution in [2.45, 2.75) is 176 Å². The molecule has 0 unspecified atom stereocenters. The zero-order valence-electron chi connectivity index (χ0n) is 32.3. The van der Waals surface area contributed by atoms with Crippen LogP contribution in [0.1, 0.15) is 176 Å². The Bertz CT molecular complexity index is 1090. The van der Waals surface area contributed by atoms with Gasteiger partial charge in [0, 0.05) is 6.42 Å². The van der Waals surface area contributed by atoms with Crippen molar-refractivity contribution in [3.63, 3.8) is 0 Å². The molecule has 2 nitrogen and oxygen atoms in total. The maximum Gasteiger partial charge on any atom is 0.306 e. The molecule has 0 aromatic rings. The second kappa shape index (κ2) is 29.3. The van der Waals surface area contributed by atoms with Crippen LogP contribution in [0.2, 0.25) is 0 Å². The minimum atomic E-state index is -0.0805. The fourth-order valence-corrected chi connectivity index (χ4v) is 6.27. The Hall–Kier alpha value is -2.61. The maximum atomic E-state index is 12.1. The molecule has 270 valence electrons. The molecule has 0 saturated carbocycles. The van der Waals surface area contributed by atoms with Gasteiger partial charge in [0.2, 0.25) is 0 Å². The SMILES string of the molecule is CCCCCCC/C=C\C/C=C\C/C=C\CCCCCCCCCCC(=O)OC/C=C(C)/C=C/C=C(C)/C=C/C1=C(C)CCCC1(C)C. The quantitative estimate of drug-likeness (QED) is 0.0380. The fourth-order valence-electron chi connectivity index (χ4n) is 6.27. The molecule has 0 saturated heterocycles. The summed E-state index contributed by atoms with van der Waals surface area (Å²) < 4.78 is 5.43. The molecule has 0 fully saturated rings. The Kier molecular flexibility index (Phi) is 26.5. The first-order valence-electron chi connectivity index (χ1n) is 19.8. The molecule has 1 rings (SSSR count). The van der Waals surface area contributed by atoms with E-state index in [0.717, 1.165) is 31.3 Å². The summed E-state index contributed by atoms with van der Waals surface area (Å²) in [4.78, 5) is 12.1. The van der Waals surface area contributed by atoms with Crippen molar-refractivity contribution in [3.05, 3.63) is 95.2 Å². The van der Waals surface area contributed by atoms with Crippen LogP contribution in [0.25, 0.3) is 0 Å². The average molecular weight is 659 g/mol. The molecule has 0 heterocycles. The number of hydrogen-bond donors (Lipinski definition) is 0. The number of allylic oxidation sites excluding steroid dienone is 15. The lowest BCUT2D eigenvalue weighted by atomic mass is 9.72. The summed E-state index contributed by atoms with van der Waals surface area (Å²) in [6, 6.07) is 0. The highest BCUT2D eigenvalue weighted by molar-refractivity contribution is 5.69. The van der Waals surface area contributed by atoms with Gasteiger partial charge in [-0.05, 0) is 102 Å².